The monoisotopic (exact) mass is 557 g/mol. The normalized spacial score (nSPS) is 15.0. The summed E-state index contributed by atoms with van der Waals surface area (Å²) >= 11 is 0. The van der Waals surface area contributed by atoms with Gasteiger partial charge < -0.3 is 31.3 Å². The lowest BCUT2D eigenvalue weighted by atomic mass is 9.98. The van der Waals surface area contributed by atoms with Crippen molar-refractivity contribution in [1.29, 1.82) is 0 Å². The van der Waals surface area contributed by atoms with Gasteiger partial charge in [-0.3, -0.25) is 9.59 Å². The molecule has 5 N–H and O–H groups in total. The SMILES string of the molecule is CCNC(=O)NCc1ccccc1-c1ccc(CN2C(=O)[C@H](NC(=O)C(C)(C)N)CCc3cc(OC)ccc32)cc1. The van der Waals surface area contributed by atoms with Gasteiger partial charge in [0.2, 0.25) is 11.8 Å². The van der Waals surface area contributed by atoms with Crippen LogP contribution < -0.4 is 31.3 Å². The summed E-state index contributed by atoms with van der Waals surface area (Å²) in [6.45, 7) is 6.41. The second kappa shape index (κ2) is 12.9. The molecule has 3 aromatic carbocycles. The number of anilines is 1. The zero-order valence-electron chi connectivity index (χ0n) is 24.1. The summed E-state index contributed by atoms with van der Waals surface area (Å²) in [5, 5.41) is 8.51. The Bertz CT molecular complexity index is 1400. The van der Waals surface area contributed by atoms with E-state index in [4.69, 9.17) is 10.5 Å². The van der Waals surface area contributed by atoms with Crippen LogP contribution in [0.25, 0.3) is 11.1 Å². The molecule has 0 bridgehead atoms. The van der Waals surface area contributed by atoms with Crippen LogP contribution in [0, 0.1) is 0 Å². The van der Waals surface area contributed by atoms with Gasteiger partial charge in [0.15, 0.2) is 0 Å². The van der Waals surface area contributed by atoms with Crippen LogP contribution in [0.1, 0.15) is 43.9 Å². The summed E-state index contributed by atoms with van der Waals surface area (Å²) in [6, 6.07) is 20.8. The molecule has 0 spiro atoms. The number of aryl methyl sites for hydroxylation is 1. The molecule has 4 amide bonds. The Kier molecular flexibility index (Phi) is 9.29. The van der Waals surface area contributed by atoms with Gasteiger partial charge in [0.05, 0.1) is 19.2 Å². The molecule has 3 aromatic rings. The van der Waals surface area contributed by atoms with Crippen LogP contribution in [0.15, 0.2) is 66.7 Å². The van der Waals surface area contributed by atoms with E-state index in [9.17, 15) is 14.4 Å². The van der Waals surface area contributed by atoms with E-state index in [1.54, 1.807) is 25.9 Å². The number of methoxy groups -OCH3 is 1. The Morgan fingerprint density at radius 1 is 1.05 bits per heavy atom. The summed E-state index contributed by atoms with van der Waals surface area (Å²) in [5.74, 6) is 0.160. The van der Waals surface area contributed by atoms with E-state index in [0.717, 1.165) is 33.5 Å². The third-order valence-electron chi connectivity index (χ3n) is 7.13. The highest BCUT2D eigenvalue weighted by Crippen LogP contribution is 2.32. The van der Waals surface area contributed by atoms with Crippen LogP contribution in [0.4, 0.5) is 10.5 Å². The Hall–Kier alpha value is -4.37. The van der Waals surface area contributed by atoms with E-state index < -0.39 is 11.6 Å². The first-order chi connectivity index (χ1) is 19.6. The van der Waals surface area contributed by atoms with Gasteiger partial charge in [-0.15, -0.1) is 0 Å². The van der Waals surface area contributed by atoms with E-state index in [1.165, 1.54) is 0 Å². The lowest BCUT2D eigenvalue weighted by Crippen LogP contribution is -2.56. The number of hydrogen-bond acceptors (Lipinski definition) is 5. The predicted molar refractivity (Wildman–Crippen MR) is 160 cm³/mol. The number of rotatable bonds is 9. The molecule has 1 aliphatic heterocycles. The predicted octanol–water partition coefficient (Wildman–Crippen LogP) is 3.88. The second-order valence-electron chi connectivity index (χ2n) is 10.8. The van der Waals surface area contributed by atoms with Crippen LogP contribution in [-0.4, -0.2) is 43.1 Å². The first kappa shape index (κ1) is 29.6. The molecule has 0 fully saturated rings. The smallest absolute Gasteiger partial charge is 0.315 e. The zero-order chi connectivity index (χ0) is 29.6. The van der Waals surface area contributed by atoms with E-state index in [-0.39, 0.29) is 17.8 Å². The number of benzene rings is 3. The lowest BCUT2D eigenvalue weighted by molar-refractivity contribution is -0.130. The van der Waals surface area contributed by atoms with Crippen molar-refractivity contribution in [1.82, 2.24) is 16.0 Å². The molecule has 1 aliphatic rings. The lowest BCUT2D eigenvalue weighted by Gasteiger charge is -2.28. The maximum absolute atomic E-state index is 13.8. The van der Waals surface area contributed by atoms with Crippen molar-refractivity contribution in [3.05, 3.63) is 83.4 Å². The van der Waals surface area contributed by atoms with Crippen molar-refractivity contribution >= 4 is 23.5 Å². The van der Waals surface area contributed by atoms with Crippen molar-refractivity contribution in [2.24, 2.45) is 5.73 Å². The Balaban J connectivity index is 1.59. The molecule has 4 rings (SSSR count). The Morgan fingerprint density at radius 3 is 2.46 bits per heavy atom. The molecule has 0 radical (unpaired) electrons. The quantitative estimate of drug-likeness (QED) is 0.318. The third-order valence-corrected chi connectivity index (χ3v) is 7.13. The number of urea groups is 1. The topological polar surface area (TPSA) is 126 Å². The maximum Gasteiger partial charge on any atom is 0.315 e. The summed E-state index contributed by atoms with van der Waals surface area (Å²) in [7, 11) is 1.61. The van der Waals surface area contributed by atoms with E-state index in [2.05, 4.69) is 16.0 Å². The van der Waals surface area contributed by atoms with Gasteiger partial charge >= 0.3 is 6.03 Å². The van der Waals surface area contributed by atoms with E-state index >= 15 is 0 Å². The minimum absolute atomic E-state index is 0.183. The first-order valence-corrected chi connectivity index (χ1v) is 13.9. The van der Waals surface area contributed by atoms with Gasteiger partial charge in [0.1, 0.15) is 11.8 Å². The summed E-state index contributed by atoms with van der Waals surface area (Å²) in [4.78, 5) is 40.2. The van der Waals surface area contributed by atoms with Gasteiger partial charge in [0, 0.05) is 18.8 Å². The van der Waals surface area contributed by atoms with E-state index in [0.29, 0.717) is 38.2 Å². The van der Waals surface area contributed by atoms with Crippen LogP contribution in [0.2, 0.25) is 0 Å². The standard InChI is InChI=1S/C32H39N5O4/c1-5-34-31(40)35-19-24-8-6-7-9-26(24)22-12-10-21(11-13-22)20-37-28-17-15-25(41-4)18-23(28)14-16-27(29(37)38)36-30(39)32(2,3)33/h6-13,15,17-18,27H,5,14,16,19-20,33H2,1-4H3,(H,36,39)(H2,34,35,40)/t27-/m1/s1. The average molecular weight is 558 g/mol. The maximum atomic E-state index is 13.8. The summed E-state index contributed by atoms with van der Waals surface area (Å²) in [5.41, 5.74) is 10.6. The van der Waals surface area contributed by atoms with E-state index in [1.807, 2.05) is 73.7 Å². The Morgan fingerprint density at radius 2 is 1.78 bits per heavy atom. The molecule has 9 nitrogen and oxygen atoms in total. The molecular formula is C32H39N5O4. The molecule has 9 heteroatoms. The van der Waals surface area contributed by atoms with Crippen molar-refractivity contribution < 1.29 is 19.1 Å². The van der Waals surface area contributed by atoms with Gasteiger partial charge in [-0.2, -0.15) is 0 Å². The van der Waals surface area contributed by atoms with Crippen molar-refractivity contribution in [3.8, 4) is 16.9 Å². The molecule has 0 aromatic heterocycles. The van der Waals surface area contributed by atoms with Gasteiger partial charge in [0.25, 0.3) is 0 Å². The summed E-state index contributed by atoms with van der Waals surface area (Å²) in [6.07, 6.45) is 1.06. The fourth-order valence-electron chi connectivity index (χ4n) is 4.85. The number of nitrogens with zero attached hydrogens (tertiary/aromatic N) is 1. The molecular weight excluding hydrogens is 518 g/mol. The number of fused-ring (bicyclic) bond motifs is 1. The molecule has 41 heavy (non-hydrogen) atoms. The Labute approximate surface area is 241 Å². The van der Waals surface area contributed by atoms with Crippen molar-refractivity contribution in [3.63, 3.8) is 0 Å². The number of nitrogens with one attached hydrogen (secondary N) is 3. The number of amides is 4. The minimum atomic E-state index is -1.10. The number of nitrogens with two attached hydrogens (primary N) is 1. The molecule has 0 saturated carbocycles. The highest BCUT2D eigenvalue weighted by Gasteiger charge is 2.34. The molecule has 1 heterocycles. The van der Waals surface area contributed by atoms with Crippen LogP contribution in [0.3, 0.4) is 0 Å². The number of hydrogen-bond donors (Lipinski definition) is 4. The fraction of sp³-hybridized carbons (Fsp3) is 0.344. The van der Waals surface area contributed by atoms with Gasteiger partial charge in [-0.25, -0.2) is 4.79 Å². The zero-order valence-corrected chi connectivity index (χ0v) is 24.1. The van der Waals surface area contributed by atoms with Crippen LogP contribution in [0.5, 0.6) is 5.75 Å². The molecule has 0 saturated heterocycles. The largest absolute Gasteiger partial charge is 0.497 e. The van der Waals surface area contributed by atoms with Crippen LogP contribution >= 0.6 is 0 Å². The molecule has 1 atom stereocenters. The number of carbonyl (C=O) groups excluding carboxylic acids is 3. The average Bonchev–Trinajstić information content (AvgIpc) is 3.08. The molecule has 0 unspecified atom stereocenters. The van der Waals surface area contributed by atoms with Crippen LogP contribution in [-0.2, 0) is 29.1 Å². The second-order valence-corrected chi connectivity index (χ2v) is 10.8. The highest BCUT2D eigenvalue weighted by molar-refractivity contribution is 6.01. The van der Waals surface area contributed by atoms with Crippen molar-refractivity contribution in [2.45, 2.75) is 58.3 Å². The minimum Gasteiger partial charge on any atom is -0.497 e. The van der Waals surface area contributed by atoms with Gasteiger partial charge in [-0.05, 0) is 79.6 Å². The first-order valence-electron chi connectivity index (χ1n) is 13.9. The molecule has 216 valence electrons. The number of ether oxygens (including phenoxy) is 1. The van der Waals surface area contributed by atoms with Crippen molar-refractivity contribution in [2.75, 3.05) is 18.6 Å². The highest BCUT2D eigenvalue weighted by atomic mass is 16.5. The van der Waals surface area contributed by atoms with Gasteiger partial charge in [-0.1, -0.05) is 48.5 Å². The molecule has 0 aliphatic carbocycles. The fourth-order valence-corrected chi connectivity index (χ4v) is 4.85. The third kappa shape index (κ3) is 7.24. The number of carbonyl (C=O) groups is 3. The summed E-state index contributed by atoms with van der Waals surface area (Å²) < 4.78 is 5.43.